The van der Waals surface area contributed by atoms with Crippen LogP contribution in [0.25, 0.3) is 0 Å². The number of halogens is 3. The lowest BCUT2D eigenvalue weighted by atomic mass is 9.98. The third-order valence-corrected chi connectivity index (χ3v) is 5.46. The molecule has 1 saturated carbocycles. The summed E-state index contributed by atoms with van der Waals surface area (Å²) in [6, 6.07) is 5.49. The molecule has 1 saturated heterocycles. The highest BCUT2D eigenvalue weighted by Crippen LogP contribution is 2.31. The zero-order valence-electron chi connectivity index (χ0n) is 15.6. The number of anilines is 1. The van der Waals surface area contributed by atoms with Crippen molar-refractivity contribution < 1.29 is 23.0 Å². The van der Waals surface area contributed by atoms with Crippen molar-refractivity contribution in [3.8, 4) is 0 Å². The van der Waals surface area contributed by atoms with Gasteiger partial charge in [-0.05, 0) is 31.0 Å². The summed E-state index contributed by atoms with van der Waals surface area (Å²) < 4.78 is 44.5. The molecule has 1 atom stereocenters. The fraction of sp³-hybridized carbons (Fsp3) is 0.700. The topological polar surface area (TPSA) is 35.9 Å². The van der Waals surface area contributed by atoms with E-state index in [2.05, 4.69) is 4.90 Å². The van der Waals surface area contributed by atoms with Gasteiger partial charge in [0.1, 0.15) is 0 Å². The maximum Gasteiger partial charge on any atom is 0.416 e. The maximum atomic E-state index is 12.9. The molecule has 1 aliphatic carbocycles. The van der Waals surface area contributed by atoms with E-state index in [-0.39, 0.29) is 6.10 Å². The molecule has 0 spiro atoms. The third-order valence-electron chi connectivity index (χ3n) is 5.46. The van der Waals surface area contributed by atoms with Gasteiger partial charge in [-0.25, -0.2) is 0 Å². The Morgan fingerprint density at radius 3 is 2.44 bits per heavy atom. The molecule has 27 heavy (non-hydrogen) atoms. The molecule has 0 radical (unpaired) electrons. The van der Waals surface area contributed by atoms with Crippen LogP contribution in [0.2, 0.25) is 0 Å². The highest BCUT2D eigenvalue weighted by molar-refractivity contribution is 5.49. The van der Waals surface area contributed by atoms with Gasteiger partial charge in [-0.1, -0.05) is 25.3 Å². The van der Waals surface area contributed by atoms with Crippen LogP contribution in [0.3, 0.4) is 0 Å². The molecule has 4 nitrogen and oxygen atoms in total. The second kappa shape index (κ2) is 9.26. The summed E-state index contributed by atoms with van der Waals surface area (Å²) in [6.07, 6.45) is 1.30. The number of aliphatic hydroxyl groups excluding tert-OH is 1. The number of rotatable bonds is 6. The number of aliphatic hydroxyl groups is 1. The van der Waals surface area contributed by atoms with Gasteiger partial charge in [0.25, 0.3) is 0 Å². The van der Waals surface area contributed by atoms with Crippen LogP contribution in [-0.2, 0) is 10.9 Å². The van der Waals surface area contributed by atoms with Gasteiger partial charge in [0, 0.05) is 38.4 Å². The Hall–Kier alpha value is -1.31. The summed E-state index contributed by atoms with van der Waals surface area (Å²) in [5, 5.41) is 10.2. The number of β-amino-alcohol motifs (C(OH)–C–C–N with tert-alkyl or cyclic N) is 1. The Balaban J connectivity index is 1.42. The molecule has 1 heterocycles. The van der Waals surface area contributed by atoms with Crippen molar-refractivity contribution in [1.29, 1.82) is 0 Å². The normalized spacial score (nSPS) is 21.4. The lowest BCUT2D eigenvalue weighted by Crippen LogP contribution is -2.49. The highest BCUT2D eigenvalue weighted by atomic mass is 19.4. The van der Waals surface area contributed by atoms with Crippen molar-refractivity contribution in [3.05, 3.63) is 29.8 Å². The van der Waals surface area contributed by atoms with E-state index >= 15 is 0 Å². The number of hydrogen-bond acceptors (Lipinski definition) is 4. The number of hydrogen-bond donors (Lipinski definition) is 1. The monoisotopic (exact) mass is 386 g/mol. The molecule has 2 aliphatic rings. The largest absolute Gasteiger partial charge is 0.416 e. The molecule has 0 aromatic heterocycles. The van der Waals surface area contributed by atoms with Crippen LogP contribution in [0.4, 0.5) is 18.9 Å². The summed E-state index contributed by atoms with van der Waals surface area (Å²) in [5.41, 5.74) is -0.0108. The Kier molecular flexibility index (Phi) is 7.00. The molecule has 1 aromatic carbocycles. The number of benzene rings is 1. The summed E-state index contributed by atoms with van der Waals surface area (Å²) >= 11 is 0. The van der Waals surface area contributed by atoms with Crippen LogP contribution in [0.15, 0.2) is 24.3 Å². The lowest BCUT2D eigenvalue weighted by molar-refractivity contribution is -0.137. The number of piperazine rings is 1. The van der Waals surface area contributed by atoms with Gasteiger partial charge < -0.3 is 14.7 Å². The average Bonchev–Trinajstić information content (AvgIpc) is 2.67. The first-order valence-electron chi connectivity index (χ1n) is 9.86. The Morgan fingerprint density at radius 1 is 1.07 bits per heavy atom. The molecule has 0 bridgehead atoms. The fourth-order valence-corrected chi connectivity index (χ4v) is 3.90. The quantitative estimate of drug-likeness (QED) is 0.811. The molecule has 0 amide bonds. The molecule has 152 valence electrons. The number of alkyl halides is 3. The van der Waals surface area contributed by atoms with Crippen LogP contribution in [-0.4, -0.2) is 61.5 Å². The first kappa shape index (κ1) is 20.4. The van der Waals surface area contributed by atoms with E-state index in [1.807, 2.05) is 4.90 Å². The van der Waals surface area contributed by atoms with Crippen LogP contribution >= 0.6 is 0 Å². The third kappa shape index (κ3) is 6.09. The van der Waals surface area contributed by atoms with E-state index in [0.717, 1.165) is 32.0 Å². The zero-order valence-corrected chi connectivity index (χ0v) is 15.6. The van der Waals surface area contributed by atoms with Gasteiger partial charge in [0.2, 0.25) is 0 Å². The molecule has 1 aromatic rings. The molecule has 1 aliphatic heterocycles. The van der Waals surface area contributed by atoms with E-state index in [4.69, 9.17) is 4.74 Å². The van der Waals surface area contributed by atoms with Gasteiger partial charge in [0.15, 0.2) is 0 Å². The lowest BCUT2D eigenvalue weighted by Gasteiger charge is -2.37. The van der Waals surface area contributed by atoms with Crippen molar-refractivity contribution in [3.63, 3.8) is 0 Å². The van der Waals surface area contributed by atoms with Crippen molar-refractivity contribution in [2.75, 3.05) is 44.2 Å². The maximum absolute atomic E-state index is 12.9. The summed E-state index contributed by atoms with van der Waals surface area (Å²) in [7, 11) is 0. The van der Waals surface area contributed by atoms with Crippen LogP contribution in [0, 0.1) is 0 Å². The van der Waals surface area contributed by atoms with E-state index in [0.29, 0.717) is 31.9 Å². The molecular formula is C20H29F3N2O2. The van der Waals surface area contributed by atoms with E-state index < -0.39 is 17.8 Å². The highest BCUT2D eigenvalue weighted by Gasteiger charge is 2.31. The van der Waals surface area contributed by atoms with Crippen molar-refractivity contribution in [2.24, 2.45) is 0 Å². The van der Waals surface area contributed by atoms with Crippen molar-refractivity contribution in [2.45, 2.75) is 50.5 Å². The second-order valence-corrected chi connectivity index (χ2v) is 7.58. The minimum absolute atomic E-state index is 0.283. The van der Waals surface area contributed by atoms with Crippen molar-refractivity contribution >= 4 is 5.69 Å². The van der Waals surface area contributed by atoms with Gasteiger partial charge in [0.05, 0.1) is 24.4 Å². The Bertz CT molecular complexity index is 583. The van der Waals surface area contributed by atoms with Crippen LogP contribution in [0.1, 0.15) is 37.7 Å². The van der Waals surface area contributed by atoms with E-state index in [9.17, 15) is 18.3 Å². The minimum atomic E-state index is -4.32. The Morgan fingerprint density at radius 2 is 1.78 bits per heavy atom. The summed E-state index contributed by atoms with van der Waals surface area (Å²) in [6.45, 7) is 3.64. The van der Waals surface area contributed by atoms with Gasteiger partial charge >= 0.3 is 6.18 Å². The van der Waals surface area contributed by atoms with E-state index in [1.54, 1.807) is 6.07 Å². The predicted molar refractivity (Wildman–Crippen MR) is 98.9 cm³/mol. The van der Waals surface area contributed by atoms with Crippen molar-refractivity contribution in [1.82, 2.24) is 4.90 Å². The Labute approximate surface area is 158 Å². The summed E-state index contributed by atoms with van der Waals surface area (Å²) in [5.74, 6) is 0. The molecule has 1 N–H and O–H groups in total. The van der Waals surface area contributed by atoms with Gasteiger partial charge in [-0.2, -0.15) is 13.2 Å². The summed E-state index contributed by atoms with van der Waals surface area (Å²) in [4.78, 5) is 4.12. The number of nitrogens with zero attached hydrogens (tertiary/aromatic N) is 2. The SMILES string of the molecule is O[C@H](COC1CCCCC1)CN1CCN(c2cccc(C(F)(F)F)c2)CC1. The number of ether oxygens (including phenoxy) is 1. The standard InChI is InChI=1S/C20H29F3N2O2/c21-20(22,23)16-5-4-6-17(13-16)25-11-9-24(10-12-25)14-18(26)15-27-19-7-2-1-3-8-19/h4-6,13,18-19,26H,1-3,7-12,14-15H2/t18-/m0/s1. The second-order valence-electron chi connectivity index (χ2n) is 7.58. The smallest absolute Gasteiger partial charge is 0.389 e. The van der Waals surface area contributed by atoms with Gasteiger partial charge in [-0.15, -0.1) is 0 Å². The van der Waals surface area contributed by atoms with E-state index in [1.165, 1.54) is 31.4 Å². The fourth-order valence-electron chi connectivity index (χ4n) is 3.90. The van der Waals surface area contributed by atoms with Gasteiger partial charge in [-0.3, -0.25) is 4.90 Å². The first-order chi connectivity index (χ1) is 12.9. The zero-order chi connectivity index (χ0) is 19.3. The van der Waals surface area contributed by atoms with Crippen LogP contribution in [0.5, 0.6) is 0 Å². The average molecular weight is 386 g/mol. The predicted octanol–water partition coefficient (Wildman–Crippen LogP) is 3.54. The molecular weight excluding hydrogens is 357 g/mol. The molecule has 2 fully saturated rings. The minimum Gasteiger partial charge on any atom is -0.389 e. The molecule has 3 rings (SSSR count). The first-order valence-corrected chi connectivity index (χ1v) is 9.86. The van der Waals surface area contributed by atoms with Crippen LogP contribution < -0.4 is 4.90 Å². The molecule has 7 heteroatoms. The molecule has 0 unspecified atom stereocenters.